The minimum Gasteiger partial charge on any atom is -0.356 e. The monoisotopic (exact) mass is 363 g/mol. The van der Waals surface area contributed by atoms with Crippen LogP contribution in [-0.4, -0.2) is 43.7 Å². The zero-order chi connectivity index (χ0) is 18.4. The maximum absolute atomic E-state index is 12.2. The summed E-state index contributed by atoms with van der Waals surface area (Å²) in [6.07, 6.45) is 0.542. The lowest BCUT2D eigenvalue weighted by molar-refractivity contribution is -0.384. The predicted octanol–water partition coefficient (Wildman–Crippen LogP) is 1.38. The van der Waals surface area contributed by atoms with Crippen LogP contribution in [0.1, 0.15) is 23.1 Å². The van der Waals surface area contributed by atoms with Crippen molar-refractivity contribution in [3.8, 4) is 0 Å². The second-order valence-electron chi connectivity index (χ2n) is 5.21. The second kappa shape index (κ2) is 8.38. The molecule has 1 aromatic heterocycles. The summed E-state index contributed by atoms with van der Waals surface area (Å²) in [5.74, 6) is 0.599. The first-order valence-electron chi connectivity index (χ1n) is 7.41. The van der Waals surface area contributed by atoms with Crippen LogP contribution in [0.4, 0.5) is 5.69 Å². The molecule has 2 aromatic rings. The van der Waals surface area contributed by atoms with Crippen LogP contribution in [-0.2, 0) is 18.3 Å². The summed E-state index contributed by atoms with van der Waals surface area (Å²) < 4.78 is 1.77. The van der Waals surface area contributed by atoms with E-state index in [0.29, 0.717) is 29.5 Å². The molecule has 2 rings (SSSR count). The first-order valence-corrected chi connectivity index (χ1v) is 8.40. The number of amides is 1. The SMILES string of the molecule is CC(=O)NCCc1nnc(SCC(=O)c2ccc([N+](=O)[O-])cc2)n1C. The molecule has 10 heteroatoms. The molecule has 0 saturated heterocycles. The van der Waals surface area contributed by atoms with Crippen LogP contribution in [0, 0.1) is 10.1 Å². The Balaban J connectivity index is 1.92. The van der Waals surface area contributed by atoms with Crippen molar-refractivity contribution < 1.29 is 14.5 Å². The third-order valence-corrected chi connectivity index (χ3v) is 4.40. The number of ketones is 1. The van der Waals surface area contributed by atoms with Gasteiger partial charge in [0.05, 0.1) is 10.7 Å². The lowest BCUT2D eigenvalue weighted by Crippen LogP contribution is -2.23. The Hall–Kier alpha value is -2.75. The number of hydrogen-bond donors (Lipinski definition) is 1. The van der Waals surface area contributed by atoms with Crippen molar-refractivity contribution in [1.82, 2.24) is 20.1 Å². The van der Waals surface area contributed by atoms with E-state index in [1.54, 1.807) is 11.6 Å². The number of nitrogens with zero attached hydrogens (tertiary/aromatic N) is 4. The summed E-state index contributed by atoms with van der Waals surface area (Å²) in [5.41, 5.74) is 0.354. The first kappa shape index (κ1) is 18.6. The van der Waals surface area contributed by atoms with E-state index >= 15 is 0 Å². The molecule has 0 unspecified atom stereocenters. The zero-order valence-electron chi connectivity index (χ0n) is 13.8. The number of rotatable bonds is 8. The molecule has 0 spiro atoms. The molecule has 0 atom stereocenters. The van der Waals surface area contributed by atoms with Crippen LogP contribution < -0.4 is 5.32 Å². The first-order chi connectivity index (χ1) is 11.9. The molecule has 1 N–H and O–H groups in total. The van der Waals surface area contributed by atoms with Gasteiger partial charge in [-0.3, -0.25) is 19.7 Å². The van der Waals surface area contributed by atoms with Crippen LogP contribution >= 0.6 is 11.8 Å². The topological polar surface area (TPSA) is 120 Å². The van der Waals surface area contributed by atoms with Crippen LogP contribution in [0.15, 0.2) is 29.4 Å². The third-order valence-electron chi connectivity index (χ3n) is 3.38. The molecular weight excluding hydrogens is 346 g/mol. The molecule has 132 valence electrons. The molecular formula is C15H17N5O4S. The Morgan fingerprint density at radius 2 is 1.96 bits per heavy atom. The van der Waals surface area contributed by atoms with E-state index in [9.17, 15) is 19.7 Å². The van der Waals surface area contributed by atoms with Gasteiger partial charge in [-0.05, 0) is 12.1 Å². The number of nitro benzene ring substituents is 1. The fourth-order valence-electron chi connectivity index (χ4n) is 2.02. The van der Waals surface area contributed by atoms with Gasteiger partial charge in [0, 0.05) is 44.6 Å². The minimum atomic E-state index is -0.509. The third kappa shape index (κ3) is 5.11. The van der Waals surface area contributed by atoms with Gasteiger partial charge in [-0.25, -0.2) is 0 Å². The molecule has 0 aliphatic carbocycles. The number of hydrogen-bond acceptors (Lipinski definition) is 7. The molecule has 0 fully saturated rings. The van der Waals surface area contributed by atoms with E-state index in [-0.39, 0.29) is 23.1 Å². The number of thioether (sulfide) groups is 1. The summed E-state index contributed by atoms with van der Waals surface area (Å²) in [5, 5.41) is 22.0. The molecule has 0 aliphatic rings. The smallest absolute Gasteiger partial charge is 0.269 e. The predicted molar refractivity (Wildman–Crippen MR) is 91.5 cm³/mol. The van der Waals surface area contributed by atoms with Gasteiger partial charge < -0.3 is 9.88 Å². The lowest BCUT2D eigenvalue weighted by Gasteiger charge is -2.04. The van der Waals surface area contributed by atoms with Gasteiger partial charge >= 0.3 is 0 Å². The van der Waals surface area contributed by atoms with Crippen molar-refractivity contribution in [2.45, 2.75) is 18.5 Å². The van der Waals surface area contributed by atoms with Crippen molar-refractivity contribution >= 4 is 29.1 Å². The molecule has 1 aromatic carbocycles. The van der Waals surface area contributed by atoms with E-state index in [1.165, 1.54) is 43.0 Å². The summed E-state index contributed by atoms with van der Waals surface area (Å²) in [7, 11) is 1.79. The number of aromatic nitrogens is 3. The van der Waals surface area contributed by atoms with E-state index in [2.05, 4.69) is 15.5 Å². The molecule has 9 nitrogen and oxygen atoms in total. The molecule has 0 aliphatic heterocycles. The molecule has 1 heterocycles. The Bertz CT molecular complexity index is 788. The van der Waals surface area contributed by atoms with Crippen LogP contribution in [0.25, 0.3) is 0 Å². The van der Waals surface area contributed by atoms with Gasteiger partial charge in [0.15, 0.2) is 10.9 Å². The highest BCUT2D eigenvalue weighted by Crippen LogP contribution is 2.19. The van der Waals surface area contributed by atoms with Crippen LogP contribution in [0.2, 0.25) is 0 Å². The molecule has 25 heavy (non-hydrogen) atoms. The summed E-state index contributed by atoms with van der Waals surface area (Å²) in [6, 6.07) is 5.49. The summed E-state index contributed by atoms with van der Waals surface area (Å²) in [4.78, 5) is 33.1. The molecule has 0 bridgehead atoms. The van der Waals surface area contributed by atoms with Crippen molar-refractivity contribution in [3.05, 3.63) is 45.8 Å². The van der Waals surface area contributed by atoms with E-state index in [1.807, 2.05) is 0 Å². The Kier molecular flexibility index (Phi) is 6.23. The summed E-state index contributed by atoms with van der Waals surface area (Å²) >= 11 is 1.24. The fourth-order valence-corrected chi connectivity index (χ4v) is 2.85. The number of non-ortho nitro benzene ring substituents is 1. The standard InChI is InChI=1S/C15H17N5O4S/c1-10(21)16-8-7-14-17-18-15(19(14)2)25-9-13(22)11-3-5-12(6-4-11)20(23)24/h3-6H,7-9H2,1-2H3,(H,16,21). The lowest BCUT2D eigenvalue weighted by atomic mass is 10.1. The van der Waals surface area contributed by atoms with Crippen molar-refractivity contribution in [2.24, 2.45) is 7.05 Å². The maximum atomic E-state index is 12.2. The normalized spacial score (nSPS) is 10.5. The Morgan fingerprint density at radius 3 is 2.56 bits per heavy atom. The quantitative estimate of drug-likeness (QED) is 0.325. The maximum Gasteiger partial charge on any atom is 0.269 e. The van der Waals surface area contributed by atoms with Crippen molar-refractivity contribution in [3.63, 3.8) is 0 Å². The highest BCUT2D eigenvalue weighted by molar-refractivity contribution is 7.99. The molecule has 1 amide bonds. The fraction of sp³-hybridized carbons (Fsp3) is 0.333. The number of benzene rings is 1. The largest absolute Gasteiger partial charge is 0.356 e. The van der Waals surface area contributed by atoms with Crippen LogP contribution in [0.3, 0.4) is 0 Å². The van der Waals surface area contributed by atoms with Gasteiger partial charge in [0.2, 0.25) is 5.91 Å². The highest BCUT2D eigenvalue weighted by Gasteiger charge is 2.14. The molecule has 0 saturated carbocycles. The number of carbonyl (C=O) groups excluding carboxylic acids is 2. The van der Waals surface area contributed by atoms with E-state index in [4.69, 9.17) is 0 Å². The van der Waals surface area contributed by atoms with E-state index in [0.717, 1.165) is 0 Å². The van der Waals surface area contributed by atoms with E-state index < -0.39 is 4.92 Å². The zero-order valence-corrected chi connectivity index (χ0v) is 14.6. The molecule has 0 radical (unpaired) electrons. The highest BCUT2D eigenvalue weighted by atomic mass is 32.2. The van der Waals surface area contributed by atoms with Gasteiger partial charge in [0.25, 0.3) is 5.69 Å². The Labute approximate surface area is 148 Å². The van der Waals surface area contributed by atoms with Gasteiger partial charge in [0.1, 0.15) is 5.82 Å². The average Bonchev–Trinajstić information content (AvgIpc) is 2.92. The number of Topliss-reactive ketones (excluding diaryl/α,β-unsaturated/α-hetero) is 1. The van der Waals surface area contributed by atoms with Crippen molar-refractivity contribution in [2.75, 3.05) is 12.3 Å². The Morgan fingerprint density at radius 1 is 1.28 bits per heavy atom. The van der Waals surface area contributed by atoms with Gasteiger partial charge in [-0.2, -0.15) is 0 Å². The summed E-state index contributed by atoms with van der Waals surface area (Å²) in [6.45, 7) is 1.91. The minimum absolute atomic E-state index is 0.0543. The van der Waals surface area contributed by atoms with Gasteiger partial charge in [-0.1, -0.05) is 11.8 Å². The van der Waals surface area contributed by atoms with Crippen molar-refractivity contribution in [1.29, 1.82) is 0 Å². The average molecular weight is 363 g/mol. The second-order valence-corrected chi connectivity index (χ2v) is 6.15. The number of nitro groups is 1. The van der Waals surface area contributed by atoms with Crippen LogP contribution in [0.5, 0.6) is 0 Å². The number of nitrogens with one attached hydrogen (secondary N) is 1. The number of carbonyl (C=O) groups is 2. The van der Waals surface area contributed by atoms with Gasteiger partial charge in [-0.15, -0.1) is 10.2 Å².